The van der Waals surface area contributed by atoms with Crippen LogP contribution in [0.4, 0.5) is 0 Å². The molecule has 0 spiro atoms. The Hall–Kier alpha value is -0.730. The zero-order valence-electron chi connectivity index (χ0n) is 12.7. The van der Waals surface area contributed by atoms with Crippen molar-refractivity contribution in [3.63, 3.8) is 0 Å². The molecule has 0 atom stereocenters. The third-order valence-electron chi connectivity index (χ3n) is 3.88. The molecule has 3 heteroatoms. The molecule has 1 aliphatic carbocycles. The van der Waals surface area contributed by atoms with Crippen molar-refractivity contribution in [3.05, 3.63) is 0 Å². The first-order valence-electron chi connectivity index (χ1n) is 7.68. The molecule has 0 bridgehead atoms. The lowest BCUT2D eigenvalue weighted by Gasteiger charge is -2.33. The highest BCUT2D eigenvalue weighted by Gasteiger charge is 2.21. The molecule has 0 amide bonds. The summed E-state index contributed by atoms with van der Waals surface area (Å²) in [6.07, 6.45) is 7.36. The summed E-state index contributed by atoms with van der Waals surface area (Å²) in [6.45, 7) is 10.00. The number of hydrogen-bond acceptors (Lipinski definition) is 1. The lowest BCUT2D eigenvalue weighted by molar-refractivity contribution is 0.262. The SMILES string of the molecule is CCC(CC)N(CC(C)C)C(N)=NC1CCCC1. The van der Waals surface area contributed by atoms with Crippen LogP contribution in [-0.2, 0) is 0 Å². The molecule has 3 nitrogen and oxygen atoms in total. The van der Waals surface area contributed by atoms with Crippen molar-refractivity contribution >= 4 is 5.96 Å². The van der Waals surface area contributed by atoms with Crippen molar-refractivity contribution < 1.29 is 0 Å². The topological polar surface area (TPSA) is 41.6 Å². The van der Waals surface area contributed by atoms with Gasteiger partial charge in [-0.05, 0) is 31.6 Å². The minimum absolute atomic E-state index is 0.481. The molecule has 0 unspecified atom stereocenters. The molecular formula is C15H31N3. The number of hydrogen-bond donors (Lipinski definition) is 1. The summed E-state index contributed by atoms with van der Waals surface area (Å²) in [5.74, 6) is 1.41. The first kappa shape index (κ1) is 15.3. The van der Waals surface area contributed by atoms with Gasteiger partial charge in [0.25, 0.3) is 0 Å². The van der Waals surface area contributed by atoms with Crippen LogP contribution < -0.4 is 5.73 Å². The molecule has 1 fully saturated rings. The Morgan fingerprint density at radius 3 is 2.22 bits per heavy atom. The maximum absolute atomic E-state index is 6.27. The van der Waals surface area contributed by atoms with Gasteiger partial charge in [-0.2, -0.15) is 0 Å². The molecule has 18 heavy (non-hydrogen) atoms. The Bertz CT molecular complexity index is 250. The van der Waals surface area contributed by atoms with Crippen molar-refractivity contribution in [2.75, 3.05) is 6.54 Å². The van der Waals surface area contributed by atoms with E-state index in [0.29, 0.717) is 18.0 Å². The molecular weight excluding hydrogens is 222 g/mol. The molecule has 0 aromatic carbocycles. The Morgan fingerprint density at radius 1 is 1.22 bits per heavy atom. The van der Waals surface area contributed by atoms with E-state index in [0.717, 1.165) is 25.3 Å². The Balaban J connectivity index is 2.73. The van der Waals surface area contributed by atoms with E-state index in [4.69, 9.17) is 10.7 Å². The fourth-order valence-electron chi connectivity index (χ4n) is 2.85. The van der Waals surface area contributed by atoms with E-state index in [-0.39, 0.29) is 0 Å². The van der Waals surface area contributed by atoms with Crippen molar-refractivity contribution in [2.45, 2.75) is 78.3 Å². The van der Waals surface area contributed by atoms with Gasteiger partial charge in [-0.25, -0.2) is 4.99 Å². The molecule has 2 N–H and O–H groups in total. The van der Waals surface area contributed by atoms with E-state index < -0.39 is 0 Å². The first-order valence-corrected chi connectivity index (χ1v) is 7.68. The number of nitrogens with zero attached hydrogens (tertiary/aromatic N) is 2. The van der Waals surface area contributed by atoms with E-state index in [1.165, 1.54) is 25.7 Å². The van der Waals surface area contributed by atoms with Crippen molar-refractivity contribution in [2.24, 2.45) is 16.6 Å². The van der Waals surface area contributed by atoms with Gasteiger partial charge in [0.05, 0.1) is 6.04 Å². The maximum atomic E-state index is 6.27. The van der Waals surface area contributed by atoms with Crippen LogP contribution in [0.1, 0.15) is 66.2 Å². The lowest BCUT2D eigenvalue weighted by atomic mass is 10.1. The summed E-state index contributed by atoms with van der Waals surface area (Å²) in [6, 6.07) is 1.02. The summed E-state index contributed by atoms with van der Waals surface area (Å²) >= 11 is 0. The monoisotopic (exact) mass is 253 g/mol. The first-order chi connectivity index (χ1) is 8.58. The zero-order valence-corrected chi connectivity index (χ0v) is 12.7. The normalized spacial score (nSPS) is 18.0. The summed E-state index contributed by atoms with van der Waals surface area (Å²) in [4.78, 5) is 7.10. The molecule has 106 valence electrons. The van der Waals surface area contributed by atoms with Crippen LogP contribution in [0.5, 0.6) is 0 Å². The van der Waals surface area contributed by atoms with E-state index in [1.54, 1.807) is 0 Å². The molecule has 0 saturated heterocycles. The summed E-state index contributed by atoms with van der Waals surface area (Å²) in [5, 5.41) is 0. The van der Waals surface area contributed by atoms with Gasteiger partial charge in [0.15, 0.2) is 5.96 Å². The predicted octanol–water partition coefficient (Wildman–Crippen LogP) is 3.39. The zero-order chi connectivity index (χ0) is 13.5. The van der Waals surface area contributed by atoms with Gasteiger partial charge in [-0.1, -0.05) is 40.5 Å². The smallest absolute Gasteiger partial charge is 0.191 e. The molecule has 1 rings (SSSR count). The molecule has 1 aliphatic rings. The molecule has 0 aliphatic heterocycles. The number of guanidine groups is 1. The fraction of sp³-hybridized carbons (Fsp3) is 0.933. The lowest BCUT2D eigenvalue weighted by Crippen LogP contribution is -2.46. The fourth-order valence-corrected chi connectivity index (χ4v) is 2.85. The van der Waals surface area contributed by atoms with Crippen LogP contribution in [0.25, 0.3) is 0 Å². The van der Waals surface area contributed by atoms with Crippen LogP contribution in [-0.4, -0.2) is 29.5 Å². The Morgan fingerprint density at radius 2 is 1.78 bits per heavy atom. The van der Waals surface area contributed by atoms with Gasteiger partial charge in [-0.3, -0.25) is 0 Å². The van der Waals surface area contributed by atoms with Crippen LogP contribution in [0, 0.1) is 5.92 Å². The van der Waals surface area contributed by atoms with E-state index in [1.807, 2.05) is 0 Å². The van der Waals surface area contributed by atoms with E-state index in [9.17, 15) is 0 Å². The summed E-state index contributed by atoms with van der Waals surface area (Å²) in [5.41, 5.74) is 6.27. The maximum Gasteiger partial charge on any atom is 0.191 e. The van der Waals surface area contributed by atoms with Gasteiger partial charge in [-0.15, -0.1) is 0 Å². The van der Waals surface area contributed by atoms with Gasteiger partial charge in [0.1, 0.15) is 0 Å². The van der Waals surface area contributed by atoms with Crippen LogP contribution in [0.2, 0.25) is 0 Å². The highest BCUT2D eigenvalue weighted by atomic mass is 15.3. The third-order valence-corrected chi connectivity index (χ3v) is 3.88. The average Bonchev–Trinajstić information content (AvgIpc) is 2.81. The predicted molar refractivity (Wildman–Crippen MR) is 79.8 cm³/mol. The average molecular weight is 253 g/mol. The molecule has 0 aromatic rings. The van der Waals surface area contributed by atoms with Crippen molar-refractivity contribution in [3.8, 4) is 0 Å². The largest absolute Gasteiger partial charge is 0.370 e. The van der Waals surface area contributed by atoms with Gasteiger partial charge in [0.2, 0.25) is 0 Å². The highest BCUT2D eigenvalue weighted by Crippen LogP contribution is 2.21. The molecule has 0 radical (unpaired) electrons. The van der Waals surface area contributed by atoms with E-state index in [2.05, 4.69) is 32.6 Å². The minimum Gasteiger partial charge on any atom is -0.370 e. The van der Waals surface area contributed by atoms with Gasteiger partial charge >= 0.3 is 0 Å². The quantitative estimate of drug-likeness (QED) is 0.582. The van der Waals surface area contributed by atoms with Crippen LogP contribution in [0.15, 0.2) is 4.99 Å². The second-order valence-corrected chi connectivity index (χ2v) is 5.94. The highest BCUT2D eigenvalue weighted by molar-refractivity contribution is 5.78. The second kappa shape index (κ2) is 7.65. The van der Waals surface area contributed by atoms with Gasteiger partial charge in [0, 0.05) is 12.6 Å². The Kier molecular flexibility index (Phi) is 6.51. The molecule has 0 aromatic heterocycles. The van der Waals surface area contributed by atoms with Gasteiger partial charge < -0.3 is 10.6 Å². The Labute approximate surface area is 113 Å². The summed E-state index contributed by atoms with van der Waals surface area (Å²) in [7, 11) is 0. The second-order valence-electron chi connectivity index (χ2n) is 5.94. The standard InChI is InChI=1S/C15H31N3/c1-5-14(6-2)18(11-12(3)4)15(16)17-13-9-7-8-10-13/h12-14H,5-11H2,1-4H3,(H2,16,17). The van der Waals surface area contributed by atoms with Crippen molar-refractivity contribution in [1.29, 1.82) is 0 Å². The number of rotatable bonds is 6. The summed E-state index contributed by atoms with van der Waals surface area (Å²) < 4.78 is 0. The number of nitrogens with two attached hydrogens (primary N) is 1. The molecule has 0 heterocycles. The van der Waals surface area contributed by atoms with Crippen LogP contribution in [0.3, 0.4) is 0 Å². The van der Waals surface area contributed by atoms with E-state index >= 15 is 0 Å². The third kappa shape index (κ3) is 4.51. The van der Waals surface area contributed by atoms with Crippen molar-refractivity contribution in [1.82, 2.24) is 4.90 Å². The molecule has 1 saturated carbocycles. The minimum atomic E-state index is 0.481. The number of aliphatic imine (C=N–C) groups is 1. The van der Waals surface area contributed by atoms with Crippen LogP contribution >= 0.6 is 0 Å².